The topological polar surface area (TPSA) is 75.5 Å². The van der Waals surface area contributed by atoms with E-state index in [1.807, 2.05) is 24.3 Å². The lowest BCUT2D eigenvalue weighted by Crippen LogP contribution is -2.35. The maximum atomic E-state index is 13.7. The monoisotopic (exact) mass is 495 g/mol. The number of nitro groups is 1. The Bertz CT molecular complexity index is 1470. The zero-order valence-electron chi connectivity index (χ0n) is 21.7. The van der Waals surface area contributed by atoms with E-state index < -0.39 is 6.04 Å². The number of benzene rings is 3. The standard InChI is InChI=1S/C31H33N3O3/c1-19-7-6-14-33(18-19)25-13-11-21(15-26(25)34(36)37)30-29-23(16-31(2,3)17-27(29)35)28-22-9-5-4-8-20(22)10-12-24(28)32-30/h4-5,8-13,15,19,30,32H,6-7,14,16-18H2,1-3H3/t19-,30+/m0/s1. The van der Waals surface area contributed by atoms with E-state index in [0.29, 0.717) is 18.0 Å². The Labute approximate surface area is 217 Å². The van der Waals surface area contributed by atoms with Gasteiger partial charge in [-0.2, -0.15) is 0 Å². The fourth-order valence-corrected chi connectivity index (χ4v) is 6.63. The first-order valence-electron chi connectivity index (χ1n) is 13.3. The lowest BCUT2D eigenvalue weighted by molar-refractivity contribution is -0.384. The van der Waals surface area contributed by atoms with Gasteiger partial charge in [-0.3, -0.25) is 14.9 Å². The molecule has 2 heterocycles. The number of carbonyl (C=O) groups excluding carboxylic acids is 1. The van der Waals surface area contributed by atoms with Gasteiger partial charge in [0.2, 0.25) is 0 Å². The molecule has 0 unspecified atom stereocenters. The molecule has 3 aliphatic rings. The Hall–Kier alpha value is -3.67. The first-order chi connectivity index (χ1) is 17.7. The number of carbonyl (C=O) groups is 1. The molecule has 6 heteroatoms. The normalized spacial score (nSPS) is 22.9. The predicted octanol–water partition coefficient (Wildman–Crippen LogP) is 7.29. The summed E-state index contributed by atoms with van der Waals surface area (Å²) >= 11 is 0. The Balaban J connectivity index is 1.51. The second-order valence-electron chi connectivity index (χ2n) is 11.8. The van der Waals surface area contributed by atoms with Gasteiger partial charge in [0, 0.05) is 42.4 Å². The Morgan fingerprint density at radius 3 is 2.68 bits per heavy atom. The molecule has 6 rings (SSSR count). The molecule has 3 aromatic carbocycles. The van der Waals surface area contributed by atoms with E-state index in [0.717, 1.165) is 71.1 Å². The van der Waals surface area contributed by atoms with Crippen molar-refractivity contribution in [1.82, 2.24) is 0 Å². The molecule has 37 heavy (non-hydrogen) atoms. The molecule has 190 valence electrons. The molecule has 0 spiro atoms. The van der Waals surface area contributed by atoms with E-state index in [-0.39, 0.29) is 21.8 Å². The van der Waals surface area contributed by atoms with Gasteiger partial charge in [0.15, 0.2) is 5.78 Å². The Morgan fingerprint density at radius 1 is 1.08 bits per heavy atom. The fourth-order valence-electron chi connectivity index (χ4n) is 6.63. The molecule has 0 bridgehead atoms. The molecular weight excluding hydrogens is 462 g/mol. The fraction of sp³-hybridized carbons (Fsp3) is 0.387. The van der Waals surface area contributed by atoms with E-state index in [1.54, 1.807) is 6.07 Å². The van der Waals surface area contributed by atoms with Crippen molar-refractivity contribution in [2.24, 2.45) is 11.3 Å². The van der Waals surface area contributed by atoms with Crippen LogP contribution >= 0.6 is 0 Å². The molecule has 0 radical (unpaired) electrons. The molecule has 1 aliphatic carbocycles. The van der Waals surface area contributed by atoms with Gasteiger partial charge >= 0.3 is 0 Å². The first kappa shape index (κ1) is 23.7. The maximum Gasteiger partial charge on any atom is 0.292 e. The van der Waals surface area contributed by atoms with E-state index in [1.165, 1.54) is 0 Å². The first-order valence-corrected chi connectivity index (χ1v) is 13.3. The highest BCUT2D eigenvalue weighted by Gasteiger charge is 2.41. The lowest BCUT2D eigenvalue weighted by Gasteiger charge is -2.40. The third kappa shape index (κ3) is 4.08. The van der Waals surface area contributed by atoms with E-state index in [4.69, 9.17) is 0 Å². The van der Waals surface area contributed by atoms with E-state index in [2.05, 4.69) is 55.3 Å². The van der Waals surface area contributed by atoms with Crippen LogP contribution in [0.5, 0.6) is 0 Å². The van der Waals surface area contributed by atoms with Gasteiger partial charge in [-0.15, -0.1) is 0 Å². The Morgan fingerprint density at radius 2 is 1.89 bits per heavy atom. The molecule has 2 aliphatic heterocycles. The summed E-state index contributed by atoms with van der Waals surface area (Å²) in [5.41, 5.74) is 5.32. The second-order valence-corrected chi connectivity index (χ2v) is 11.8. The summed E-state index contributed by atoms with van der Waals surface area (Å²) < 4.78 is 0. The van der Waals surface area contributed by atoms with Crippen molar-refractivity contribution in [3.8, 4) is 0 Å². The number of nitrogens with zero attached hydrogens (tertiary/aromatic N) is 2. The van der Waals surface area contributed by atoms with Crippen LogP contribution in [0.2, 0.25) is 0 Å². The number of nitrogens with one attached hydrogen (secondary N) is 1. The van der Waals surface area contributed by atoms with Gasteiger partial charge in [0.25, 0.3) is 5.69 Å². The highest BCUT2D eigenvalue weighted by molar-refractivity contribution is 6.12. The van der Waals surface area contributed by atoms with Crippen LogP contribution in [-0.4, -0.2) is 23.8 Å². The molecular formula is C31H33N3O3. The van der Waals surface area contributed by atoms with Crippen molar-refractivity contribution in [2.45, 2.75) is 52.5 Å². The number of Topliss-reactive ketones (excluding diaryl/α,β-unsaturated/α-hetero) is 1. The van der Waals surface area contributed by atoms with Crippen LogP contribution in [0, 0.1) is 21.4 Å². The number of anilines is 2. The van der Waals surface area contributed by atoms with Crippen LogP contribution in [0.15, 0.2) is 60.2 Å². The molecule has 0 amide bonds. The highest BCUT2D eigenvalue weighted by atomic mass is 16.6. The van der Waals surface area contributed by atoms with Crippen molar-refractivity contribution in [1.29, 1.82) is 0 Å². The minimum atomic E-state index is -0.416. The summed E-state index contributed by atoms with van der Waals surface area (Å²) in [4.78, 5) is 27.8. The molecule has 3 aromatic rings. The average Bonchev–Trinajstić information content (AvgIpc) is 2.86. The number of piperidine rings is 1. The summed E-state index contributed by atoms with van der Waals surface area (Å²) in [6, 6.07) is 17.6. The van der Waals surface area contributed by atoms with Gasteiger partial charge in [-0.05, 0) is 64.6 Å². The maximum absolute atomic E-state index is 13.7. The van der Waals surface area contributed by atoms with Crippen LogP contribution in [0.3, 0.4) is 0 Å². The van der Waals surface area contributed by atoms with Crippen LogP contribution in [0.4, 0.5) is 17.1 Å². The summed E-state index contributed by atoms with van der Waals surface area (Å²) in [5.74, 6) is 0.634. The molecule has 6 nitrogen and oxygen atoms in total. The zero-order chi connectivity index (χ0) is 25.9. The van der Waals surface area contributed by atoms with Crippen LogP contribution in [-0.2, 0) is 4.79 Å². The van der Waals surface area contributed by atoms with Gasteiger partial charge in [0.05, 0.1) is 11.0 Å². The number of rotatable bonds is 3. The third-order valence-electron chi connectivity index (χ3n) is 8.27. The van der Waals surface area contributed by atoms with Gasteiger partial charge in [-0.25, -0.2) is 0 Å². The lowest BCUT2D eigenvalue weighted by atomic mass is 9.68. The van der Waals surface area contributed by atoms with E-state index in [9.17, 15) is 14.9 Å². The molecule has 0 saturated carbocycles. The molecule has 0 aromatic heterocycles. The van der Waals surface area contributed by atoms with Crippen molar-refractivity contribution in [2.75, 3.05) is 23.3 Å². The number of hydrogen-bond acceptors (Lipinski definition) is 5. The summed E-state index contributed by atoms with van der Waals surface area (Å²) in [5, 5.41) is 18.1. The summed E-state index contributed by atoms with van der Waals surface area (Å²) in [7, 11) is 0. The minimum Gasteiger partial charge on any atom is -0.373 e. The minimum absolute atomic E-state index is 0.114. The van der Waals surface area contributed by atoms with Crippen LogP contribution in [0.25, 0.3) is 16.3 Å². The van der Waals surface area contributed by atoms with Crippen molar-refractivity contribution in [3.63, 3.8) is 0 Å². The number of hydrogen-bond donors (Lipinski definition) is 1. The quantitative estimate of drug-likeness (QED) is 0.305. The molecule has 2 atom stereocenters. The third-order valence-corrected chi connectivity index (χ3v) is 8.27. The second kappa shape index (κ2) is 8.72. The predicted molar refractivity (Wildman–Crippen MR) is 149 cm³/mol. The SMILES string of the molecule is C[C@H]1CCCN(c2ccc([C@H]3Nc4ccc5ccccc5c4C4=C3C(=O)CC(C)(C)C4)cc2[N+](=O)[O-])C1. The molecule has 1 N–H and O–H groups in total. The number of fused-ring (bicyclic) bond motifs is 4. The van der Waals surface area contributed by atoms with Gasteiger partial charge < -0.3 is 10.2 Å². The largest absolute Gasteiger partial charge is 0.373 e. The van der Waals surface area contributed by atoms with Crippen molar-refractivity contribution < 1.29 is 9.72 Å². The van der Waals surface area contributed by atoms with Crippen LogP contribution < -0.4 is 10.2 Å². The van der Waals surface area contributed by atoms with Crippen LogP contribution in [0.1, 0.15) is 63.6 Å². The van der Waals surface area contributed by atoms with E-state index >= 15 is 0 Å². The summed E-state index contributed by atoms with van der Waals surface area (Å²) in [6.07, 6.45) is 3.45. The average molecular weight is 496 g/mol. The Kier molecular flexibility index (Phi) is 5.59. The number of nitro benzene ring substituents is 1. The zero-order valence-corrected chi connectivity index (χ0v) is 21.7. The number of allylic oxidation sites excluding steroid dienone is 1. The number of ketones is 1. The van der Waals surface area contributed by atoms with Gasteiger partial charge in [0.1, 0.15) is 5.69 Å². The molecule has 1 saturated heterocycles. The summed E-state index contributed by atoms with van der Waals surface area (Å²) in [6.45, 7) is 8.15. The highest BCUT2D eigenvalue weighted by Crippen LogP contribution is 2.52. The molecule has 1 fully saturated rings. The smallest absolute Gasteiger partial charge is 0.292 e. The van der Waals surface area contributed by atoms with Crippen molar-refractivity contribution >= 4 is 39.2 Å². The van der Waals surface area contributed by atoms with Crippen molar-refractivity contribution in [3.05, 3.63) is 81.4 Å². The van der Waals surface area contributed by atoms with Gasteiger partial charge in [-0.1, -0.05) is 57.2 Å².